The van der Waals surface area contributed by atoms with Crippen molar-refractivity contribution in [2.24, 2.45) is 5.92 Å². The maximum absolute atomic E-state index is 11.4. The van der Waals surface area contributed by atoms with Crippen molar-refractivity contribution in [3.05, 3.63) is 0 Å². The lowest BCUT2D eigenvalue weighted by atomic mass is 10.2. The molecule has 4 amide bonds. The molecule has 0 saturated heterocycles. The van der Waals surface area contributed by atoms with Gasteiger partial charge in [0, 0.05) is 43.9 Å². The smallest absolute Gasteiger partial charge is 0.234 e. The zero-order chi connectivity index (χ0) is 30.6. The fraction of sp³-hybridized carbons (Fsp3) is 0.815. The van der Waals surface area contributed by atoms with E-state index in [1.165, 1.54) is 0 Å². The SMILES string of the molecule is CC.CC(C)C(=O)NCCOCCOCCC(=O)NCCC=O.CC(C)NC(=O)CN(C)CC(=O)NC(C)C. The lowest BCUT2D eigenvalue weighted by molar-refractivity contribution is -0.126. The van der Waals surface area contributed by atoms with Gasteiger partial charge in [-0.05, 0) is 34.7 Å². The summed E-state index contributed by atoms with van der Waals surface area (Å²) < 4.78 is 10.5. The van der Waals surface area contributed by atoms with Crippen LogP contribution in [0.25, 0.3) is 0 Å². The molecule has 4 N–H and O–H groups in total. The highest BCUT2D eigenvalue weighted by atomic mass is 16.5. The van der Waals surface area contributed by atoms with Gasteiger partial charge in [-0.3, -0.25) is 24.1 Å². The summed E-state index contributed by atoms with van der Waals surface area (Å²) >= 11 is 0. The van der Waals surface area contributed by atoms with Crippen molar-refractivity contribution in [3.63, 3.8) is 0 Å². The van der Waals surface area contributed by atoms with Crippen LogP contribution in [0.3, 0.4) is 0 Å². The Morgan fingerprint density at radius 2 is 1.21 bits per heavy atom. The molecule has 0 aliphatic heterocycles. The van der Waals surface area contributed by atoms with Gasteiger partial charge < -0.3 is 35.5 Å². The molecule has 39 heavy (non-hydrogen) atoms. The molecule has 0 unspecified atom stereocenters. The Morgan fingerprint density at radius 1 is 0.718 bits per heavy atom. The summed E-state index contributed by atoms with van der Waals surface area (Å²) in [4.78, 5) is 57.0. The van der Waals surface area contributed by atoms with Gasteiger partial charge in [-0.1, -0.05) is 27.7 Å². The number of hydrogen-bond acceptors (Lipinski definition) is 8. The standard InChI is InChI=1S/C14H26N2O5.C11H23N3O2.C2H6/c1-12(2)14(19)16-6-9-21-11-10-20-8-4-13(18)15-5-3-7-17;1-8(2)12-10(15)6-14(5)7-11(16)13-9(3)4;1-2/h7,12H,3-6,8-11H2,1-2H3,(H,15,18)(H,16,19);8-9H,6-7H2,1-5H3,(H,12,15)(H,13,16);1-2H3. The van der Waals surface area contributed by atoms with Crippen LogP contribution in [-0.4, -0.2) is 107 Å². The molecule has 12 heteroatoms. The van der Waals surface area contributed by atoms with Crippen LogP contribution in [0.4, 0.5) is 0 Å². The van der Waals surface area contributed by atoms with Gasteiger partial charge in [0.2, 0.25) is 23.6 Å². The summed E-state index contributed by atoms with van der Waals surface area (Å²) in [6.07, 6.45) is 1.36. The highest BCUT2D eigenvalue weighted by molar-refractivity contribution is 5.81. The second-order valence-electron chi connectivity index (χ2n) is 9.34. The second kappa shape index (κ2) is 28.4. The third kappa shape index (κ3) is 33.4. The van der Waals surface area contributed by atoms with Crippen molar-refractivity contribution in [1.82, 2.24) is 26.2 Å². The first kappa shape index (κ1) is 40.9. The zero-order valence-electron chi connectivity index (χ0n) is 25.7. The molecule has 0 aromatic carbocycles. The summed E-state index contributed by atoms with van der Waals surface area (Å²) in [6.45, 7) is 18.2. The number of ether oxygens (including phenoxy) is 2. The van der Waals surface area contributed by atoms with Crippen molar-refractivity contribution >= 4 is 29.9 Å². The van der Waals surface area contributed by atoms with Gasteiger partial charge >= 0.3 is 0 Å². The van der Waals surface area contributed by atoms with E-state index < -0.39 is 0 Å². The van der Waals surface area contributed by atoms with Crippen LogP contribution >= 0.6 is 0 Å². The minimum Gasteiger partial charge on any atom is -0.379 e. The van der Waals surface area contributed by atoms with Gasteiger partial charge in [0.1, 0.15) is 6.29 Å². The third-order valence-electron chi connectivity index (χ3n) is 4.23. The minimum atomic E-state index is -0.130. The molecule has 0 atom stereocenters. The molecule has 230 valence electrons. The molecular weight excluding hydrogens is 506 g/mol. The third-order valence-corrected chi connectivity index (χ3v) is 4.23. The van der Waals surface area contributed by atoms with E-state index in [0.717, 1.165) is 6.29 Å². The van der Waals surface area contributed by atoms with Crippen molar-refractivity contribution < 1.29 is 33.4 Å². The molecule has 0 rings (SSSR count). The molecule has 0 aromatic rings. The Balaban J connectivity index is -0.000000645. The molecule has 0 aromatic heterocycles. The Kier molecular flexibility index (Phi) is 29.8. The number of hydrogen-bond donors (Lipinski definition) is 4. The van der Waals surface area contributed by atoms with Crippen LogP contribution in [0.1, 0.15) is 68.2 Å². The fourth-order valence-electron chi connectivity index (χ4n) is 2.58. The van der Waals surface area contributed by atoms with Gasteiger partial charge in [0.25, 0.3) is 0 Å². The van der Waals surface area contributed by atoms with Crippen molar-refractivity contribution in [1.29, 1.82) is 0 Å². The molecule has 0 saturated carbocycles. The van der Waals surface area contributed by atoms with Crippen LogP contribution in [0.2, 0.25) is 0 Å². The van der Waals surface area contributed by atoms with Crippen molar-refractivity contribution in [2.45, 2.75) is 80.3 Å². The summed E-state index contributed by atoms with van der Waals surface area (Å²) in [5.74, 6) is -0.264. The average Bonchev–Trinajstić information content (AvgIpc) is 2.83. The predicted molar refractivity (Wildman–Crippen MR) is 153 cm³/mol. The maximum atomic E-state index is 11.4. The van der Waals surface area contributed by atoms with E-state index in [1.807, 2.05) is 55.4 Å². The summed E-state index contributed by atoms with van der Waals surface area (Å²) in [7, 11) is 1.75. The van der Waals surface area contributed by atoms with Gasteiger partial charge in [-0.2, -0.15) is 0 Å². The number of rotatable bonds is 19. The van der Waals surface area contributed by atoms with Crippen LogP contribution < -0.4 is 21.3 Å². The van der Waals surface area contributed by atoms with E-state index in [-0.39, 0.29) is 61.1 Å². The normalized spacial score (nSPS) is 10.3. The zero-order valence-corrected chi connectivity index (χ0v) is 25.7. The summed E-state index contributed by atoms with van der Waals surface area (Å²) in [6, 6.07) is 0.260. The molecule has 0 radical (unpaired) electrons. The Labute approximate surface area is 235 Å². The van der Waals surface area contributed by atoms with E-state index in [9.17, 15) is 24.0 Å². The molecule has 0 heterocycles. The van der Waals surface area contributed by atoms with E-state index in [1.54, 1.807) is 11.9 Å². The minimum absolute atomic E-state index is 0.00967. The van der Waals surface area contributed by atoms with Gasteiger partial charge in [-0.15, -0.1) is 0 Å². The lowest BCUT2D eigenvalue weighted by Gasteiger charge is -2.17. The van der Waals surface area contributed by atoms with Crippen molar-refractivity contribution in [3.8, 4) is 0 Å². The van der Waals surface area contributed by atoms with E-state index in [2.05, 4.69) is 21.3 Å². The fourth-order valence-corrected chi connectivity index (χ4v) is 2.58. The first-order chi connectivity index (χ1) is 18.4. The van der Waals surface area contributed by atoms with Gasteiger partial charge in [0.15, 0.2) is 0 Å². The van der Waals surface area contributed by atoms with Crippen LogP contribution in [-0.2, 0) is 33.4 Å². The molecule has 12 nitrogen and oxygen atoms in total. The molecule has 0 aliphatic rings. The quantitative estimate of drug-likeness (QED) is 0.134. The summed E-state index contributed by atoms with van der Waals surface area (Å²) in [5.41, 5.74) is 0. The number of carbonyl (C=O) groups excluding carboxylic acids is 5. The largest absolute Gasteiger partial charge is 0.379 e. The Morgan fingerprint density at radius 3 is 1.64 bits per heavy atom. The maximum Gasteiger partial charge on any atom is 0.234 e. The van der Waals surface area contributed by atoms with Gasteiger partial charge in [-0.25, -0.2) is 0 Å². The predicted octanol–water partition coefficient (Wildman–Crippen LogP) is 0.881. The molecular formula is C27H55N5O7. The van der Waals surface area contributed by atoms with E-state index >= 15 is 0 Å². The highest BCUT2D eigenvalue weighted by Gasteiger charge is 2.11. The first-order valence-corrected chi connectivity index (χ1v) is 13.8. The molecule has 0 bridgehead atoms. The first-order valence-electron chi connectivity index (χ1n) is 13.8. The van der Waals surface area contributed by atoms with Crippen LogP contribution in [0.5, 0.6) is 0 Å². The molecule has 0 spiro atoms. The number of nitrogens with zero attached hydrogens (tertiary/aromatic N) is 1. The Hall–Kier alpha value is -2.57. The topological polar surface area (TPSA) is 155 Å². The number of aldehydes is 1. The van der Waals surface area contributed by atoms with Crippen LogP contribution in [0.15, 0.2) is 0 Å². The number of nitrogens with one attached hydrogen (secondary N) is 4. The molecule has 0 fully saturated rings. The molecule has 0 aliphatic carbocycles. The van der Waals surface area contributed by atoms with E-state index in [4.69, 9.17) is 9.47 Å². The van der Waals surface area contributed by atoms with E-state index in [0.29, 0.717) is 45.9 Å². The van der Waals surface area contributed by atoms with Crippen LogP contribution in [0, 0.1) is 5.92 Å². The highest BCUT2D eigenvalue weighted by Crippen LogP contribution is 1.90. The number of amides is 4. The summed E-state index contributed by atoms with van der Waals surface area (Å²) in [5, 5.41) is 10.9. The number of likely N-dealkylation sites (N-methyl/N-ethyl adjacent to an activating group) is 1. The second-order valence-corrected chi connectivity index (χ2v) is 9.34. The lowest BCUT2D eigenvalue weighted by Crippen LogP contribution is -2.43. The van der Waals surface area contributed by atoms with Crippen molar-refractivity contribution in [2.75, 3.05) is 59.7 Å². The Bertz CT molecular complexity index is 634. The average molecular weight is 562 g/mol. The monoisotopic (exact) mass is 561 g/mol. The number of carbonyl (C=O) groups is 5. The van der Waals surface area contributed by atoms with Gasteiger partial charge in [0.05, 0.1) is 39.5 Å².